The number of carbonyl (C=O) groups excluding carboxylic acids is 2. The van der Waals surface area contributed by atoms with Gasteiger partial charge in [-0.1, -0.05) is 30.3 Å². The van der Waals surface area contributed by atoms with E-state index in [9.17, 15) is 9.59 Å². The first-order chi connectivity index (χ1) is 19.1. The number of carbonyl (C=O) groups is 2. The van der Waals surface area contributed by atoms with Crippen LogP contribution in [0.4, 0.5) is 16.4 Å². The molecule has 1 N–H and O–H groups in total. The highest BCUT2D eigenvalue weighted by Crippen LogP contribution is 2.29. The van der Waals surface area contributed by atoms with Crippen LogP contribution in [-0.4, -0.2) is 79.4 Å². The Bertz CT molecular complexity index is 1300. The third kappa shape index (κ3) is 7.62. The summed E-state index contributed by atoms with van der Waals surface area (Å²) in [7, 11) is 3.40. The third-order valence-electron chi connectivity index (χ3n) is 6.52. The van der Waals surface area contributed by atoms with Crippen molar-refractivity contribution < 1.29 is 19.1 Å². The second kappa shape index (κ2) is 12.7. The zero-order valence-electron chi connectivity index (χ0n) is 23.9. The van der Waals surface area contributed by atoms with Gasteiger partial charge in [0.1, 0.15) is 17.9 Å². The molecule has 3 aromatic rings. The molecule has 1 aliphatic heterocycles. The van der Waals surface area contributed by atoms with Crippen LogP contribution in [0, 0.1) is 0 Å². The number of benzene rings is 2. The van der Waals surface area contributed by atoms with Crippen molar-refractivity contribution in [3.8, 4) is 16.9 Å². The van der Waals surface area contributed by atoms with Crippen LogP contribution in [0.5, 0.6) is 5.75 Å². The molecule has 1 aromatic heterocycles. The van der Waals surface area contributed by atoms with Crippen LogP contribution >= 0.6 is 0 Å². The van der Waals surface area contributed by atoms with Gasteiger partial charge in [0.15, 0.2) is 0 Å². The smallest absolute Gasteiger partial charge is 0.408 e. The van der Waals surface area contributed by atoms with Gasteiger partial charge in [-0.25, -0.2) is 14.8 Å². The van der Waals surface area contributed by atoms with Gasteiger partial charge in [0.2, 0.25) is 11.9 Å². The van der Waals surface area contributed by atoms with Gasteiger partial charge in [0.05, 0.1) is 12.8 Å². The number of anilines is 2. The Morgan fingerprint density at radius 3 is 2.30 bits per heavy atom. The average molecular weight is 547 g/mol. The fraction of sp³-hybridized carbons (Fsp3) is 0.400. The molecule has 10 nitrogen and oxygen atoms in total. The van der Waals surface area contributed by atoms with E-state index in [0.29, 0.717) is 12.5 Å². The molecule has 0 bridgehead atoms. The van der Waals surface area contributed by atoms with Gasteiger partial charge in [-0.3, -0.25) is 4.79 Å². The first-order valence-corrected chi connectivity index (χ1v) is 13.4. The van der Waals surface area contributed by atoms with Crippen molar-refractivity contribution in [2.75, 3.05) is 56.7 Å². The predicted molar refractivity (Wildman–Crippen MR) is 156 cm³/mol. The Labute approximate surface area is 235 Å². The predicted octanol–water partition coefficient (Wildman–Crippen LogP) is 3.96. The summed E-state index contributed by atoms with van der Waals surface area (Å²) in [5.74, 6) is 1.38. The lowest BCUT2D eigenvalue weighted by molar-refractivity contribution is -0.129. The quantitative estimate of drug-likeness (QED) is 0.453. The lowest BCUT2D eigenvalue weighted by atomic mass is 10.1. The molecular formula is C30H38N6O4. The van der Waals surface area contributed by atoms with E-state index in [1.54, 1.807) is 39.8 Å². The number of rotatable bonds is 8. The number of hydrogen-bond donors (Lipinski definition) is 1. The minimum Gasteiger partial charge on any atom is -0.495 e. The summed E-state index contributed by atoms with van der Waals surface area (Å²) in [6.07, 6.45) is 3.07. The molecule has 2 amide bonds. The van der Waals surface area contributed by atoms with Crippen LogP contribution in [0.3, 0.4) is 0 Å². The van der Waals surface area contributed by atoms with E-state index < -0.39 is 11.7 Å². The van der Waals surface area contributed by atoms with Crippen molar-refractivity contribution in [3.05, 3.63) is 66.5 Å². The van der Waals surface area contributed by atoms with E-state index in [4.69, 9.17) is 9.47 Å². The molecule has 0 radical (unpaired) electrons. The number of methoxy groups -OCH3 is 1. The van der Waals surface area contributed by atoms with Crippen molar-refractivity contribution >= 4 is 23.6 Å². The number of aromatic nitrogens is 2. The van der Waals surface area contributed by atoms with Crippen molar-refractivity contribution in [3.63, 3.8) is 0 Å². The Morgan fingerprint density at radius 2 is 1.62 bits per heavy atom. The van der Waals surface area contributed by atoms with Gasteiger partial charge >= 0.3 is 6.09 Å². The summed E-state index contributed by atoms with van der Waals surface area (Å²) in [4.78, 5) is 39.7. The Morgan fingerprint density at radius 1 is 0.950 bits per heavy atom. The topological polar surface area (TPSA) is 100 Å². The van der Waals surface area contributed by atoms with Crippen LogP contribution in [0.25, 0.3) is 11.1 Å². The summed E-state index contributed by atoms with van der Waals surface area (Å²) in [6, 6.07) is 16.0. The van der Waals surface area contributed by atoms with Crippen molar-refractivity contribution in [2.24, 2.45) is 0 Å². The molecule has 4 rings (SSSR count). The Kier molecular flexibility index (Phi) is 9.08. The number of amides is 2. The molecule has 0 spiro atoms. The van der Waals surface area contributed by atoms with Crippen molar-refractivity contribution in [1.82, 2.24) is 20.2 Å². The normalized spacial score (nSPS) is 13.5. The minimum atomic E-state index is -0.618. The molecule has 0 aliphatic carbocycles. The number of nitrogens with one attached hydrogen (secondary N) is 1. The molecule has 1 fully saturated rings. The molecule has 10 heteroatoms. The maximum Gasteiger partial charge on any atom is 0.408 e. The van der Waals surface area contributed by atoms with E-state index in [1.807, 2.05) is 54.9 Å². The highest BCUT2D eigenvalue weighted by molar-refractivity contribution is 5.82. The number of hydrogen-bond acceptors (Lipinski definition) is 8. The van der Waals surface area contributed by atoms with Gasteiger partial charge in [-0.15, -0.1) is 0 Å². The van der Waals surface area contributed by atoms with Crippen LogP contribution < -0.4 is 19.9 Å². The standard InChI is InChI=1S/C30H38N6O4/c1-30(2,3)40-29(38)33-20-27(37)34(4)21-22-9-8-10-23(17-22)24-18-31-28(32-19-24)36-15-13-35(14-16-36)25-11-6-7-12-26(25)39-5/h6-12,17-19H,13-16,20-21H2,1-5H3,(H,33,38). The zero-order chi connectivity index (χ0) is 28.7. The molecule has 1 saturated heterocycles. The number of para-hydroxylation sites is 2. The maximum atomic E-state index is 12.5. The zero-order valence-corrected chi connectivity index (χ0v) is 23.9. The molecule has 2 aromatic carbocycles. The van der Waals surface area contributed by atoms with Gasteiger partial charge in [-0.2, -0.15) is 0 Å². The maximum absolute atomic E-state index is 12.5. The van der Waals surface area contributed by atoms with Crippen molar-refractivity contribution in [1.29, 1.82) is 0 Å². The summed E-state index contributed by atoms with van der Waals surface area (Å²) in [5, 5.41) is 2.51. The van der Waals surface area contributed by atoms with E-state index in [0.717, 1.165) is 54.3 Å². The van der Waals surface area contributed by atoms with Crippen molar-refractivity contribution in [2.45, 2.75) is 32.9 Å². The monoisotopic (exact) mass is 546 g/mol. The fourth-order valence-corrected chi connectivity index (χ4v) is 4.48. The molecule has 212 valence electrons. The lowest BCUT2D eigenvalue weighted by Crippen LogP contribution is -2.47. The highest BCUT2D eigenvalue weighted by atomic mass is 16.6. The van der Waals surface area contributed by atoms with E-state index >= 15 is 0 Å². The summed E-state index contributed by atoms with van der Waals surface area (Å²) in [5.41, 5.74) is 3.32. The van der Waals surface area contributed by atoms with E-state index in [1.165, 1.54) is 0 Å². The van der Waals surface area contributed by atoms with Gasteiger partial charge in [0, 0.05) is 57.7 Å². The second-order valence-corrected chi connectivity index (χ2v) is 10.7. The molecular weight excluding hydrogens is 508 g/mol. The third-order valence-corrected chi connectivity index (χ3v) is 6.52. The summed E-state index contributed by atoms with van der Waals surface area (Å²) in [6.45, 7) is 8.93. The first-order valence-electron chi connectivity index (χ1n) is 13.4. The van der Waals surface area contributed by atoms with Crippen LogP contribution in [0.1, 0.15) is 26.3 Å². The number of ether oxygens (including phenoxy) is 2. The largest absolute Gasteiger partial charge is 0.495 e. The van der Waals surface area contributed by atoms with Crippen LogP contribution in [-0.2, 0) is 16.1 Å². The van der Waals surface area contributed by atoms with Gasteiger partial charge < -0.3 is 29.5 Å². The minimum absolute atomic E-state index is 0.131. The highest BCUT2D eigenvalue weighted by Gasteiger charge is 2.21. The molecule has 0 atom stereocenters. The van der Waals surface area contributed by atoms with E-state index in [-0.39, 0.29) is 12.5 Å². The van der Waals surface area contributed by atoms with E-state index in [2.05, 4.69) is 31.2 Å². The number of alkyl carbamates (subject to hydrolysis) is 1. The molecule has 40 heavy (non-hydrogen) atoms. The number of piperazine rings is 1. The second-order valence-electron chi connectivity index (χ2n) is 10.7. The lowest BCUT2D eigenvalue weighted by Gasteiger charge is -2.36. The number of nitrogens with zero attached hydrogens (tertiary/aromatic N) is 5. The van der Waals surface area contributed by atoms with Crippen LogP contribution in [0.15, 0.2) is 60.9 Å². The SMILES string of the molecule is COc1ccccc1N1CCN(c2ncc(-c3cccc(CN(C)C(=O)CNC(=O)OC(C)(C)C)c3)cn2)CC1. The van der Waals surface area contributed by atoms with Gasteiger partial charge in [0.25, 0.3) is 0 Å². The van der Waals surface area contributed by atoms with Crippen LogP contribution in [0.2, 0.25) is 0 Å². The summed E-state index contributed by atoms with van der Waals surface area (Å²) >= 11 is 0. The Hall–Kier alpha value is -4.34. The number of likely N-dealkylation sites (N-methyl/N-ethyl adjacent to an activating group) is 1. The Balaban J connectivity index is 1.32. The molecule has 0 unspecified atom stereocenters. The summed E-state index contributed by atoms with van der Waals surface area (Å²) < 4.78 is 10.7. The fourth-order valence-electron chi connectivity index (χ4n) is 4.48. The molecule has 2 heterocycles. The average Bonchev–Trinajstić information content (AvgIpc) is 2.95. The first kappa shape index (κ1) is 28.7. The molecule has 0 saturated carbocycles. The molecule has 1 aliphatic rings. The van der Waals surface area contributed by atoms with Gasteiger partial charge in [-0.05, 0) is 50.1 Å².